The monoisotopic (exact) mass is 420 g/mol. The minimum absolute atomic E-state index is 0.0537. The predicted octanol–water partition coefficient (Wildman–Crippen LogP) is 5.27. The molecule has 3 rings (SSSR count). The lowest BCUT2D eigenvalue weighted by molar-refractivity contribution is 0.0939. The molecule has 0 spiro atoms. The van der Waals surface area contributed by atoms with E-state index in [9.17, 15) is 4.79 Å². The van der Waals surface area contributed by atoms with Crippen LogP contribution in [-0.4, -0.2) is 21.7 Å². The van der Waals surface area contributed by atoms with Gasteiger partial charge in [0.25, 0.3) is 5.91 Å². The lowest BCUT2D eigenvalue weighted by atomic mass is 10.0. The molecule has 0 aliphatic carbocycles. The first-order valence-electron chi connectivity index (χ1n) is 9.97. The van der Waals surface area contributed by atoms with Gasteiger partial charge in [0.1, 0.15) is 6.07 Å². The van der Waals surface area contributed by atoms with E-state index in [1.54, 1.807) is 6.07 Å². The third-order valence-corrected chi connectivity index (χ3v) is 5.61. The molecular weight excluding hydrogens is 396 g/mol. The number of aromatic nitrogens is 2. The van der Waals surface area contributed by atoms with Crippen molar-refractivity contribution in [2.75, 3.05) is 0 Å². The van der Waals surface area contributed by atoms with Gasteiger partial charge in [-0.15, -0.1) is 0 Å². The molecule has 1 atom stereocenters. The molecule has 154 valence electrons. The average Bonchev–Trinajstić information content (AvgIpc) is 3.01. The van der Waals surface area contributed by atoms with Crippen molar-refractivity contribution in [2.24, 2.45) is 0 Å². The van der Waals surface area contributed by atoms with Crippen molar-refractivity contribution in [3.05, 3.63) is 75.6 Å². The SMILES string of the molecule is CCC(C)NC(=O)c1ccc(Cn2nc(C)c(-c3ccc(C#N)c(Cl)c3)c2C)cc1. The quantitative estimate of drug-likeness (QED) is 0.590. The maximum Gasteiger partial charge on any atom is 0.251 e. The fraction of sp³-hybridized carbons (Fsp3) is 0.292. The second-order valence-corrected chi connectivity index (χ2v) is 7.90. The summed E-state index contributed by atoms with van der Waals surface area (Å²) in [5.74, 6) is -0.0537. The molecule has 0 aliphatic heterocycles. The maximum atomic E-state index is 12.3. The molecule has 1 N–H and O–H groups in total. The van der Waals surface area contributed by atoms with E-state index in [0.717, 1.165) is 34.5 Å². The molecule has 3 aromatic rings. The summed E-state index contributed by atoms with van der Waals surface area (Å²) in [5.41, 5.74) is 6.05. The van der Waals surface area contributed by atoms with Crippen molar-refractivity contribution in [3.63, 3.8) is 0 Å². The van der Waals surface area contributed by atoms with E-state index in [1.807, 2.05) is 68.8 Å². The van der Waals surface area contributed by atoms with Gasteiger partial charge in [-0.2, -0.15) is 10.4 Å². The zero-order chi connectivity index (χ0) is 21.8. The van der Waals surface area contributed by atoms with Crippen LogP contribution in [0.5, 0.6) is 0 Å². The Labute approximate surface area is 182 Å². The number of nitrogens with one attached hydrogen (secondary N) is 1. The van der Waals surface area contributed by atoms with Crippen LogP contribution >= 0.6 is 11.6 Å². The number of rotatable bonds is 6. The summed E-state index contributed by atoms with van der Waals surface area (Å²) < 4.78 is 1.95. The Morgan fingerprint density at radius 3 is 2.53 bits per heavy atom. The highest BCUT2D eigenvalue weighted by Gasteiger charge is 2.15. The van der Waals surface area contributed by atoms with Crippen LogP contribution in [-0.2, 0) is 6.54 Å². The summed E-state index contributed by atoms with van der Waals surface area (Å²) in [6.45, 7) is 8.63. The molecule has 0 radical (unpaired) electrons. The van der Waals surface area contributed by atoms with E-state index >= 15 is 0 Å². The van der Waals surface area contributed by atoms with Gasteiger partial charge in [-0.25, -0.2) is 0 Å². The number of carbonyl (C=O) groups is 1. The summed E-state index contributed by atoms with van der Waals surface area (Å²) in [6, 6.07) is 15.3. The molecule has 1 unspecified atom stereocenters. The number of hydrogen-bond donors (Lipinski definition) is 1. The average molecular weight is 421 g/mol. The van der Waals surface area contributed by atoms with Gasteiger partial charge < -0.3 is 5.32 Å². The Morgan fingerprint density at radius 1 is 1.23 bits per heavy atom. The molecule has 0 fully saturated rings. The van der Waals surface area contributed by atoms with Crippen LogP contribution in [0.25, 0.3) is 11.1 Å². The van der Waals surface area contributed by atoms with Crippen molar-refractivity contribution in [2.45, 2.75) is 46.7 Å². The van der Waals surface area contributed by atoms with Crippen LogP contribution in [0.15, 0.2) is 42.5 Å². The lowest BCUT2D eigenvalue weighted by Crippen LogP contribution is -2.31. The first kappa shape index (κ1) is 21.6. The fourth-order valence-corrected chi connectivity index (χ4v) is 3.60. The number of benzene rings is 2. The minimum atomic E-state index is -0.0537. The van der Waals surface area contributed by atoms with E-state index < -0.39 is 0 Å². The van der Waals surface area contributed by atoms with Gasteiger partial charge in [0.2, 0.25) is 0 Å². The highest BCUT2D eigenvalue weighted by molar-refractivity contribution is 6.32. The third-order valence-electron chi connectivity index (χ3n) is 5.30. The van der Waals surface area contributed by atoms with Crippen LogP contribution in [0, 0.1) is 25.2 Å². The van der Waals surface area contributed by atoms with Gasteiger partial charge in [-0.3, -0.25) is 9.48 Å². The molecule has 0 saturated carbocycles. The number of hydrogen-bond acceptors (Lipinski definition) is 3. The third kappa shape index (κ3) is 4.55. The molecule has 0 saturated heterocycles. The zero-order valence-corrected chi connectivity index (χ0v) is 18.4. The van der Waals surface area contributed by atoms with Crippen molar-refractivity contribution < 1.29 is 4.79 Å². The summed E-state index contributed by atoms with van der Waals surface area (Å²) >= 11 is 6.22. The molecule has 1 heterocycles. The number of nitrogens with zero attached hydrogens (tertiary/aromatic N) is 3. The number of amides is 1. The molecule has 5 nitrogen and oxygen atoms in total. The van der Waals surface area contributed by atoms with Crippen molar-refractivity contribution in [1.29, 1.82) is 5.26 Å². The van der Waals surface area contributed by atoms with Crippen molar-refractivity contribution in [1.82, 2.24) is 15.1 Å². The predicted molar refractivity (Wildman–Crippen MR) is 120 cm³/mol. The number of carbonyl (C=O) groups excluding carboxylic acids is 1. The highest BCUT2D eigenvalue weighted by atomic mass is 35.5. The Bertz CT molecular complexity index is 1110. The van der Waals surface area contributed by atoms with Gasteiger partial charge in [-0.05, 0) is 62.6 Å². The molecular formula is C24H25ClN4O. The summed E-state index contributed by atoms with van der Waals surface area (Å²) in [6.07, 6.45) is 0.897. The topological polar surface area (TPSA) is 70.7 Å². The molecule has 30 heavy (non-hydrogen) atoms. The standard InChI is InChI=1S/C24H25ClN4O/c1-5-15(2)27-24(30)19-8-6-18(7-9-19)14-29-17(4)23(16(3)28-29)20-10-11-21(13-26)22(25)12-20/h6-12,15H,5,14H2,1-4H3,(H,27,30). The first-order valence-corrected chi connectivity index (χ1v) is 10.4. The van der Waals surface area contributed by atoms with E-state index in [-0.39, 0.29) is 11.9 Å². The van der Waals surface area contributed by atoms with Crippen LogP contribution in [0.2, 0.25) is 5.02 Å². The van der Waals surface area contributed by atoms with Gasteiger partial charge in [0.15, 0.2) is 0 Å². The maximum absolute atomic E-state index is 12.3. The van der Waals surface area contributed by atoms with Gasteiger partial charge in [0, 0.05) is 22.9 Å². The van der Waals surface area contributed by atoms with E-state index in [1.165, 1.54) is 0 Å². The minimum Gasteiger partial charge on any atom is -0.350 e. The number of nitriles is 1. The second kappa shape index (κ2) is 9.15. The van der Waals surface area contributed by atoms with Crippen molar-refractivity contribution in [3.8, 4) is 17.2 Å². The van der Waals surface area contributed by atoms with Crippen LogP contribution in [0.3, 0.4) is 0 Å². The smallest absolute Gasteiger partial charge is 0.251 e. The molecule has 0 aliphatic rings. The summed E-state index contributed by atoms with van der Waals surface area (Å²) in [4.78, 5) is 12.3. The highest BCUT2D eigenvalue weighted by Crippen LogP contribution is 2.30. The fourth-order valence-electron chi connectivity index (χ4n) is 3.37. The van der Waals surface area contributed by atoms with E-state index in [2.05, 4.69) is 11.4 Å². The number of halogens is 1. The van der Waals surface area contributed by atoms with Crippen LogP contribution in [0.4, 0.5) is 0 Å². The lowest BCUT2D eigenvalue weighted by Gasteiger charge is -2.12. The Balaban J connectivity index is 1.82. The second-order valence-electron chi connectivity index (χ2n) is 7.49. The molecule has 6 heteroatoms. The molecule has 0 bridgehead atoms. The zero-order valence-electron chi connectivity index (χ0n) is 17.7. The van der Waals surface area contributed by atoms with Gasteiger partial charge in [-0.1, -0.05) is 36.7 Å². The normalized spacial score (nSPS) is 11.7. The van der Waals surface area contributed by atoms with Gasteiger partial charge in [0.05, 0.1) is 22.8 Å². The largest absolute Gasteiger partial charge is 0.350 e. The van der Waals surface area contributed by atoms with Gasteiger partial charge >= 0.3 is 0 Å². The van der Waals surface area contributed by atoms with Crippen LogP contribution < -0.4 is 5.32 Å². The van der Waals surface area contributed by atoms with Crippen LogP contribution in [0.1, 0.15) is 53.1 Å². The first-order chi connectivity index (χ1) is 14.3. The molecule has 1 aromatic heterocycles. The summed E-state index contributed by atoms with van der Waals surface area (Å²) in [7, 11) is 0. The molecule has 2 aromatic carbocycles. The Kier molecular flexibility index (Phi) is 6.59. The van der Waals surface area contributed by atoms with Crippen molar-refractivity contribution >= 4 is 17.5 Å². The number of aryl methyl sites for hydroxylation is 1. The van der Waals surface area contributed by atoms with E-state index in [0.29, 0.717) is 22.7 Å². The Hall–Kier alpha value is -3.10. The molecule has 1 amide bonds. The summed E-state index contributed by atoms with van der Waals surface area (Å²) in [5, 5.41) is 17.2. The van der Waals surface area contributed by atoms with E-state index in [4.69, 9.17) is 22.0 Å². The Morgan fingerprint density at radius 2 is 1.93 bits per heavy atom.